The maximum Gasteiger partial charge on any atom is 0.410 e. The summed E-state index contributed by atoms with van der Waals surface area (Å²) >= 11 is 6.23. The number of halogens is 1. The number of carbonyl (C=O) groups excluding carboxylic acids is 1. The van der Waals surface area contributed by atoms with Crippen molar-refractivity contribution in [2.45, 2.75) is 51.0 Å². The summed E-state index contributed by atoms with van der Waals surface area (Å²) in [5.74, 6) is 0. The topological polar surface area (TPSA) is 29.5 Å². The fraction of sp³-hybridized carbons (Fsp3) is 0.909. The predicted octanol–water partition coefficient (Wildman–Crippen LogP) is 3.01. The molecule has 1 rings (SSSR count). The second kappa shape index (κ2) is 4.20. The number of rotatable bonds is 0. The number of piperidine rings is 1. The Morgan fingerprint density at radius 2 is 2.07 bits per heavy atom. The zero-order valence-electron chi connectivity index (χ0n) is 9.97. The molecule has 0 N–H and O–H groups in total. The van der Waals surface area contributed by atoms with Crippen LogP contribution in [0.1, 0.15) is 40.5 Å². The largest absolute Gasteiger partial charge is 0.444 e. The minimum absolute atomic E-state index is 0.255. The minimum Gasteiger partial charge on any atom is -0.444 e. The lowest BCUT2D eigenvalue weighted by molar-refractivity contribution is 0.0188. The van der Waals surface area contributed by atoms with E-state index in [0.717, 1.165) is 19.4 Å². The average molecular weight is 234 g/mol. The van der Waals surface area contributed by atoms with Crippen LogP contribution >= 0.6 is 11.6 Å². The number of amides is 1. The number of ether oxygens (including phenoxy) is 1. The average Bonchev–Trinajstić information content (AvgIpc) is 1.99. The van der Waals surface area contributed by atoms with E-state index in [-0.39, 0.29) is 11.0 Å². The highest BCUT2D eigenvalue weighted by molar-refractivity contribution is 6.24. The Hall–Kier alpha value is -0.440. The third-order valence-corrected chi connectivity index (χ3v) is 2.61. The molecule has 1 atom stereocenters. The molecule has 0 unspecified atom stereocenters. The van der Waals surface area contributed by atoms with Gasteiger partial charge in [-0.3, -0.25) is 0 Å². The van der Waals surface area contributed by atoms with Crippen LogP contribution in [0.3, 0.4) is 0 Å². The zero-order chi connectivity index (χ0) is 11.7. The summed E-state index contributed by atoms with van der Waals surface area (Å²) in [5, 5.41) is 0. The van der Waals surface area contributed by atoms with E-state index in [1.807, 2.05) is 27.7 Å². The lowest BCUT2D eigenvalue weighted by atomic mass is 10.00. The quantitative estimate of drug-likeness (QED) is 0.602. The molecule has 0 aromatic heterocycles. The van der Waals surface area contributed by atoms with E-state index in [4.69, 9.17) is 16.3 Å². The first kappa shape index (κ1) is 12.6. The third kappa shape index (κ3) is 4.29. The van der Waals surface area contributed by atoms with Crippen LogP contribution in [0.2, 0.25) is 0 Å². The molecule has 1 saturated heterocycles. The van der Waals surface area contributed by atoms with Crippen LogP contribution in [0.15, 0.2) is 0 Å². The van der Waals surface area contributed by atoms with Gasteiger partial charge in [0.25, 0.3) is 0 Å². The molecule has 0 radical (unpaired) electrons. The lowest BCUT2D eigenvalue weighted by Gasteiger charge is -2.37. The van der Waals surface area contributed by atoms with Crippen molar-refractivity contribution in [3.8, 4) is 0 Å². The first-order valence-electron chi connectivity index (χ1n) is 5.36. The van der Waals surface area contributed by atoms with Gasteiger partial charge in [-0.1, -0.05) is 0 Å². The number of hydrogen-bond donors (Lipinski definition) is 0. The van der Waals surface area contributed by atoms with Gasteiger partial charge in [-0.15, -0.1) is 11.6 Å². The highest BCUT2D eigenvalue weighted by Gasteiger charge is 2.33. The molecule has 3 nitrogen and oxygen atoms in total. The molecule has 0 aromatic carbocycles. The normalized spacial score (nSPS) is 27.7. The fourth-order valence-electron chi connectivity index (χ4n) is 1.68. The number of likely N-dealkylation sites (tertiary alicyclic amines) is 1. The van der Waals surface area contributed by atoms with Crippen molar-refractivity contribution in [1.29, 1.82) is 0 Å². The van der Waals surface area contributed by atoms with Crippen molar-refractivity contribution in [3.05, 3.63) is 0 Å². The van der Waals surface area contributed by atoms with E-state index in [2.05, 4.69) is 0 Å². The molecule has 1 aliphatic heterocycles. The van der Waals surface area contributed by atoms with E-state index in [1.165, 1.54) is 0 Å². The maximum absolute atomic E-state index is 11.7. The second-order valence-corrected chi connectivity index (χ2v) is 6.33. The van der Waals surface area contributed by atoms with E-state index < -0.39 is 5.60 Å². The van der Waals surface area contributed by atoms with Gasteiger partial charge in [-0.2, -0.15) is 0 Å². The first-order valence-corrected chi connectivity index (χ1v) is 5.74. The summed E-state index contributed by atoms with van der Waals surface area (Å²) in [6.07, 6.45) is 1.64. The van der Waals surface area contributed by atoms with Crippen LogP contribution in [0.4, 0.5) is 4.79 Å². The van der Waals surface area contributed by atoms with Crippen LogP contribution in [0.25, 0.3) is 0 Å². The molecule has 15 heavy (non-hydrogen) atoms. The minimum atomic E-state index is -0.433. The molecule has 0 bridgehead atoms. The van der Waals surface area contributed by atoms with E-state index in [9.17, 15) is 4.79 Å². The molecule has 0 spiro atoms. The van der Waals surface area contributed by atoms with Crippen molar-refractivity contribution in [2.75, 3.05) is 13.1 Å². The highest BCUT2D eigenvalue weighted by atomic mass is 35.5. The lowest BCUT2D eigenvalue weighted by Crippen LogP contribution is -2.47. The molecule has 1 aliphatic rings. The first-order chi connectivity index (χ1) is 6.70. The summed E-state index contributed by atoms with van der Waals surface area (Å²) in [7, 11) is 0. The summed E-state index contributed by atoms with van der Waals surface area (Å²) < 4.78 is 5.30. The zero-order valence-corrected chi connectivity index (χ0v) is 10.7. The van der Waals surface area contributed by atoms with Crippen molar-refractivity contribution in [1.82, 2.24) is 4.90 Å². The Labute approximate surface area is 96.7 Å². The Bertz CT molecular complexity index is 245. The smallest absolute Gasteiger partial charge is 0.410 e. The van der Waals surface area contributed by atoms with Crippen LogP contribution in [0.5, 0.6) is 0 Å². The van der Waals surface area contributed by atoms with Gasteiger partial charge >= 0.3 is 6.09 Å². The van der Waals surface area contributed by atoms with Gasteiger partial charge < -0.3 is 9.64 Å². The number of hydrogen-bond acceptors (Lipinski definition) is 2. The van der Waals surface area contributed by atoms with Crippen molar-refractivity contribution < 1.29 is 9.53 Å². The number of carbonyl (C=O) groups is 1. The number of nitrogens with zero attached hydrogens (tertiary/aromatic N) is 1. The maximum atomic E-state index is 11.7. The summed E-state index contributed by atoms with van der Waals surface area (Å²) in [6.45, 7) is 8.89. The van der Waals surface area contributed by atoms with E-state index in [1.54, 1.807) is 4.90 Å². The van der Waals surface area contributed by atoms with Gasteiger partial charge in [0.1, 0.15) is 5.60 Å². The monoisotopic (exact) mass is 233 g/mol. The molecule has 0 aromatic rings. The molecule has 1 fully saturated rings. The molecular formula is C11H20ClNO2. The SMILES string of the molecule is CC(C)(C)OC(=O)N1CCC[C@](C)(Cl)C1. The van der Waals surface area contributed by atoms with Gasteiger partial charge in [-0.25, -0.2) is 4.79 Å². The molecular weight excluding hydrogens is 214 g/mol. The van der Waals surface area contributed by atoms with Crippen LogP contribution in [-0.4, -0.2) is 34.6 Å². The van der Waals surface area contributed by atoms with Crippen LogP contribution in [0, 0.1) is 0 Å². The van der Waals surface area contributed by atoms with Crippen molar-refractivity contribution in [3.63, 3.8) is 0 Å². The Morgan fingerprint density at radius 3 is 2.53 bits per heavy atom. The van der Waals surface area contributed by atoms with Gasteiger partial charge in [0.2, 0.25) is 0 Å². The summed E-state index contributed by atoms with van der Waals surface area (Å²) in [5.41, 5.74) is -0.433. The Morgan fingerprint density at radius 1 is 1.47 bits per heavy atom. The summed E-state index contributed by atoms with van der Waals surface area (Å²) in [6, 6.07) is 0. The van der Waals surface area contributed by atoms with Crippen LogP contribution < -0.4 is 0 Å². The summed E-state index contributed by atoms with van der Waals surface area (Å²) in [4.78, 5) is 13.1. The van der Waals surface area contributed by atoms with Gasteiger partial charge in [0.05, 0.1) is 4.87 Å². The van der Waals surface area contributed by atoms with E-state index >= 15 is 0 Å². The Kier molecular flexibility index (Phi) is 3.54. The Balaban J connectivity index is 2.53. The predicted molar refractivity (Wildman–Crippen MR) is 61.3 cm³/mol. The molecule has 0 saturated carbocycles. The molecule has 4 heteroatoms. The van der Waals surface area contributed by atoms with Gasteiger partial charge in [0.15, 0.2) is 0 Å². The molecule has 0 aliphatic carbocycles. The highest BCUT2D eigenvalue weighted by Crippen LogP contribution is 2.27. The molecule has 88 valence electrons. The fourth-order valence-corrected chi connectivity index (χ4v) is 1.95. The van der Waals surface area contributed by atoms with Crippen LogP contribution in [-0.2, 0) is 4.74 Å². The van der Waals surface area contributed by atoms with E-state index in [0.29, 0.717) is 6.54 Å². The van der Waals surface area contributed by atoms with Gasteiger partial charge in [-0.05, 0) is 40.5 Å². The molecule has 1 amide bonds. The van der Waals surface area contributed by atoms with Crippen molar-refractivity contribution >= 4 is 17.7 Å². The third-order valence-electron chi connectivity index (χ3n) is 2.30. The molecule has 1 heterocycles. The standard InChI is InChI=1S/C11H20ClNO2/c1-10(2,3)15-9(14)13-7-5-6-11(4,12)8-13/h5-8H2,1-4H3/t11-/m0/s1. The second-order valence-electron chi connectivity index (χ2n) is 5.42. The number of alkyl halides is 1. The van der Waals surface area contributed by atoms with Crippen molar-refractivity contribution in [2.24, 2.45) is 0 Å². The van der Waals surface area contributed by atoms with Gasteiger partial charge in [0, 0.05) is 13.1 Å².